The van der Waals surface area contributed by atoms with E-state index in [1.54, 1.807) is 13.8 Å². The predicted molar refractivity (Wildman–Crippen MR) is 199 cm³/mol. The third-order valence-corrected chi connectivity index (χ3v) is 15.6. The van der Waals surface area contributed by atoms with E-state index in [4.69, 9.17) is 23.2 Å². The van der Waals surface area contributed by atoms with Crippen LogP contribution >= 0.6 is 23.2 Å². The van der Waals surface area contributed by atoms with E-state index < -0.39 is 132 Å². The number of nitrogens with one attached hydrogen (secondary N) is 1. The van der Waals surface area contributed by atoms with Gasteiger partial charge in [-0.15, -0.1) is 0 Å². The third kappa shape index (κ3) is 4.33. The third-order valence-electron chi connectivity index (χ3n) is 14.8. The summed E-state index contributed by atoms with van der Waals surface area (Å²) in [6.45, 7) is 8.33. The average Bonchev–Trinajstić information content (AvgIpc) is 3.76. The quantitative estimate of drug-likeness (QED) is 0.108. The lowest BCUT2D eigenvalue weighted by atomic mass is 9.63. The van der Waals surface area contributed by atoms with Gasteiger partial charge in [-0.05, 0) is 69.3 Å². The standard InChI is InChI=1S/C42H45Cl2NO11/c1-6-9-10-11-14-39-36(54)45-37(55)42(39,32(49)27-24-18(4)15-20(35(52)53)16-21(24)17-38(27,56)23(46)13-8-3)41(39)31(48)25(29(44)34(41)51)26-19(5)40(26)30(47)22(12-7-2)28(43)33(40)50/h7-8,12-13,18-21,24,26-27,56H,6,9-11,14-17H2,1-5H3,(H,52,53)(H,45,54,55)/b12-7?,13-8+/t18-,19+,20+,21-,24+,26-,27+,38-,39-,40+,41-,42-/m0/s1. The van der Waals surface area contributed by atoms with E-state index in [1.165, 1.54) is 32.1 Å². The smallest absolute Gasteiger partial charge is 0.306 e. The molecule has 0 aromatic carbocycles. The molecule has 7 aliphatic rings. The number of Topliss-reactive ketones (excluding diaryl/α,β-unsaturated/α-hetero) is 5. The molecule has 298 valence electrons. The minimum Gasteiger partial charge on any atom is -0.481 e. The lowest BCUT2D eigenvalue weighted by Gasteiger charge is -2.39. The van der Waals surface area contributed by atoms with Crippen LogP contribution in [-0.4, -0.2) is 68.3 Å². The number of carboxylic acids is 1. The van der Waals surface area contributed by atoms with E-state index in [0.717, 1.165) is 12.5 Å². The Bertz CT molecular complexity index is 2100. The SMILES string of the molecule is CC=CC1=C(Cl)C(=O)[C@]2(C1=O)[C@H](C)[C@H]2C1=C(Cl)C(=O)[C@@]2(C1=O)[C@]1(CCCCCC)C(=O)NC(=O)[C@@]12C(=O)[C@H]1[C@H]2[C@@H](C[C@H](C(=O)O)C[C@@H]2C)C[C@]1(O)C(=O)/C=C/C. The molecule has 0 aromatic heterocycles. The first kappa shape index (κ1) is 40.3. The van der Waals surface area contributed by atoms with Gasteiger partial charge >= 0.3 is 5.97 Å². The molecule has 4 saturated carbocycles. The molecule has 7 rings (SSSR count). The van der Waals surface area contributed by atoms with E-state index in [2.05, 4.69) is 5.32 Å². The van der Waals surface area contributed by atoms with Crippen LogP contribution in [0, 0.1) is 63.1 Å². The molecule has 12 atom stereocenters. The number of carbonyl (C=O) groups excluding carboxylic acids is 8. The number of imide groups is 1. The average molecular weight is 811 g/mol. The van der Waals surface area contributed by atoms with Crippen LogP contribution in [0.3, 0.4) is 0 Å². The molecular weight excluding hydrogens is 765 g/mol. The molecule has 1 saturated heterocycles. The zero-order valence-corrected chi connectivity index (χ0v) is 33.3. The van der Waals surface area contributed by atoms with Crippen molar-refractivity contribution in [3.8, 4) is 0 Å². The van der Waals surface area contributed by atoms with Gasteiger partial charge in [0.25, 0.3) is 0 Å². The molecule has 3 N–H and O–H groups in total. The first-order chi connectivity index (χ1) is 26.3. The Kier molecular flexibility index (Phi) is 9.42. The number of rotatable bonds is 12. The van der Waals surface area contributed by atoms with Gasteiger partial charge in [-0.3, -0.25) is 48.5 Å². The monoisotopic (exact) mass is 809 g/mol. The van der Waals surface area contributed by atoms with Crippen LogP contribution in [0.1, 0.15) is 86.0 Å². The first-order valence-electron chi connectivity index (χ1n) is 19.5. The summed E-state index contributed by atoms with van der Waals surface area (Å²) in [6.07, 6.45) is 7.03. The number of hydrogen-bond donors (Lipinski definition) is 3. The molecule has 1 heterocycles. The van der Waals surface area contributed by atoms with Crippen molar-refractivity contribution in [1.82, 2.24) is 5.32 Å². The summed E-state index contributed by atoms with van der Waals surface area (Å²) in [5.74, 6) is -15.8. The summed E-state index contributed by atoms with van der Waals surface area (Å²) < 4.78 is 0. The molecular formula is C42H45Cl2NO11. The Morgan fingerprint density at radius 3 is 2.16 bits per heavy atom. The Labute approximate surface area is 333 Å². The molecule has 12 nitrogen and oxygen atoms in total. The molecule has 0 unspecified atom stereocenters. The second-order valence-electron chi connectivity index (χ2n) is 17.1. The van der Waals surface area contributed by atoms with Crippen LogP contribution in [0.4, 0.5) is 0 Å². The fourth-order valence-corrected chi connectivity index (χ4v) is 13.3. The van der Waals surface area contributed by atoms with Gasteiger partial charge in [-0.1, -0.05) is 87.9 Å². The number of piperidine rings is 1. The molecule has 0 aromatic rings. The van der Waals surface area contributed by atoms with Crippen molar-refractivity contribution in [1.29, 1.82) is 0 Å². The molecule has 1 aliphatic heterocycles. The topological polar surface area (TPSA) is 206 Å². The zero-order chi connectivity index (χ0) is 41.2. The summed E-state index contributed by atoms with van der Waals surface area (Å²) in [4.78, 5) is 129. The fraction of sp³-hybridized carbons (Fsp3) is 0.595. The van der Waals surface area contributed by atoms with E-state index in [-0.39, 0.29) is 42.7 Å². The minimum absolute atomic E-state index is 0.0237. The number of aliphatic carboxylic acids is 1. The van der Waals surface area contributed by atoms with Gasteiger partial charge < -0.3 is 10.2 Å². The summed E-state index contributed by atoms with van der Waals surface area (Å²) in [6, 6.07) is 0. The Morgan fingerprint density at radius 1 is 0.875 bits per heavy atom. The van der Waals surface area contributed by atoms with Crippen molar-refractivity contribution in [2.45, 2.75) is 91.6 Å². The summed E-state index contributed by atoms with van der Waals surface area (Å²) in [7, 11) is 0. The maximum atomic E-state index is 15.9. The number of amides is 2. The predicted octanol–water partition coefficient (Wildman–Crippen LogP) is 4.53. The van der Waals surface area contributed by atoms with Gasteiger partial charge in [-0.25, -0.2) is 0 Å². The molecule has 6 aliphatic carbocycles. The lowest BCUT2D eigenvalue weighted by Crippen LogP contribution is -2.54. The minimum atomic E-state index is -2.74. The number of ketones is 6. The number of allylic oxidation sites excluding steroid dienone is 7. The molecule has 56 heavy (non-hydrogen) atoms. The van der Waals surface area contributed by atoms with Gasteiger partial charge in [0.1, 0.15) is 21.8 Å². The van der Waals surface area contributed by atoms with Crippen molar-refractivity contribution in [2.24, 2.45) is 63.1 Å². The Hall–Kier alpha value is -3.87. The Morgan fingerprint density at radius 2 is 1.55 bits per heavy atom. The zero-order valence-electron chi connectivity index (χ0n) is 31.8. The van der Waals surface area contributed by atoms with E-state index in [9.17, 15) is 39.0 Å². The molecule has 14 heteroatoms. The van der Waals surface area contributed by atoms with Crippen molar-refractivity contribution < 1.29 is 53.4 Å². The van der Waals surface area contributed by atoms with Crippen LogP contribution < -0.4 is 5.32 Å². The van der Waals surface area contributed by atoms with Gasteiger partial charge in [0, 0.05) is 17.1 Å². The number of hydrogen-bond acceptors (Lipinski definition) is 10. The number of carbonyl (C=O) groups is 9. The van der Waals surface area contributed by atoms with Crippen LogP contribution in [0.15, 0.2) is 45.5 Å². The second-order valence-corrected chi connectivity index (χ2v) is 17.8. The summed E-state index contributed by atoms with van der Waals surface area (Å²) >= 11 is 13.2. The van der Waals surface area contributed by atoms with Gasteiger partial charge in [0.05, 0.1) is 27.3 Å². The van der Waals surface area contributed by atoms with E-state index >= 15 is 14.4 Å². The van der Waals surface area contributed by atoms with Gasteiger partial charge in [0.2, 0.25) is 11.8 Å². The van der Waals surface area contributed by atoms with E-state index in [0.29, 0.717) is 12.8 Å². The number of carboxylic acid groups (broad SMARTS) is 1. The van der Waals surface area contributed by atoms with Crippen molar-refractivity contribution in [3.63, 3.8) is 0 Å². The number of unbranched alkanes of at least 4 members (excludes halogenated alkanes) is 3. The molecule has 5 fully saturated rings. The van der Waals surface area contributed by atoms with Crippen LogP contribution in [-0.2, 0) is 43.2 Å². The summed E-state index contributed by atoms with van der Waals surface area (Å²) in [5.41, 5.74) is -12.6. The normalized spacial score (nSPS) is 42.6. The van der Waals surface area contributed by atoms with Crippen molar-refractivity contribution >= 4 is 75.7 Å². The molecule has 0 radical (unpaired) electrons. The summed E-state index contributed by atoms with van der Waals surface area (Å²) in [5, 5.41) is 23.6. The molecule has 2 amide bonds. The number of aliphatic hydroxyl groups is 1. The van der Waals surface area contributed by atoms with Gasteiger partial charge in [0.15, 0.2) is 34.7 Å². The first-order valence-corrected chi connectivity index (χ1v) is 20.2. The van der Waals surface area contributed by atoms with Crippen LogP contribution in [0.2, 0.25) is 0 Å². The maximum Gasteiger partial charge on any atom is 0.306 e. The van der Waals surface area contributed by atoms with E-state index in [1.807, 2.05) is 6.92 Å². The highest BCUT2D eigenvalue weighted by atomic mass is 35.5. The van der Waals surface area contributed by atoms with Crippen molar-refractivity contribution in [2.75, 3.05) is 0 Å². The Balaban J connectivity index is 1.41. The fourth-order valence-electron chi connectivity index (χ4n) is 12.7. The van der Waals surface area contributed by atoms with Crippen molar-refractivity contribution in [3.05, 3.63) is 45.5 Å². The largest absolute Gasteiger partial charge is 0.481 e. The lowest BCUT2D eigenvalue weighted by molar-refractivity contribution is -0.155. The molecule has 0 bridgehead atoms. The highest BCUT2D eigenvalue weighted by Crippen LogP contribution is 2.88. The number of fused-ring (bicyclic) bond motifs is 4. The maximum absolute atomic E-state index is 15.9. The van der Waals surface area contributed by atoms with Crippen LogP contribution in [0.25, 0.3) is 0 Å². The number of halogens is 2. The second kappa shape index (κ2) is 13.1. The van der Waals surface area contributed by atoms with Gasteiger partial charge in [-0.2, -0.15) is 0 Å². The highest BCUT2D eigenvalue weighted by Gasteiger charge is 3.05. The highest BCUT2D eigenvalue weighted by molar-refractivity contribution is 6.57. The molecule has 2 spiro atoms. The van der Waals surface area contributed by atoms with Crippen LogP contribution in [0.5, 0.6) is 0 Å².